The summed E-state index contributed by atoms with van der Waals surface area (Å²) in [5, 5.41) is 7.69. The van der Waals surface area contributed by atoms with Gasteiger partial charge in [0.2, 0.25) is 11.8 Å². The Morgan fingerprint density at radius 3 is 2.38 bits per heavy atom. The van der Waals surface area contributed by atoms with Gasteiger partial charge in [-0.2, -0.15) is 0 Å². The molecule has 1 heterocycles. The van der Waals surface area contributed by atoms with Crippen LogP contribution in [0, 0.1) is 6.92 Å². The SMILES string of the molecule is CCC(=O)Nc1cccc(NC(=O)CSc2nc3cc(C)ccc3cc2CC)c1. The fourth-order valence-corrected chi connectivity index (χ4v) is 3.83. The number of aryl methyl sites for hydroxylation is 2. The van der Waals surface area contributed by atoms with E-state index in [1.54, 1.807) is 31.2 Å². The minimum Gasteiger partial charge on any atom is -0.326 e. The van der Waals surface area contributed by atoms with Crippen LogP contribution in [0.1, 0.15) is 31.4 Å². The quantitative estimate of drug-likeness (QED) is 0.529. The average molecular weight is 408 g/mol. The lowest BCUT2D eigenvalue weighted by atomic mass is 10.1. The maximum absolute atomic E-state index is 12.4. The van der Waals surface area contributed by atoms with Gasteiger partial charge in [-0.3, -0.25) is 9.59 Å². The molecular formula is C23H25N3O2S. The van der Waals surface area contributed by atoms with Gasteiger partial charge in [-0.15, -0.1) is 0 Å². The lowest BCUT2D eigenvalue weighted by molar-refractivity contribution is -0.116. The monoisotopic (exact) mass is 407 g/mol. The molecule has 3 aromatic rings. The zero-order valence-electron chi connectivity index (χ0n) is 16.9. The zero-order chi connectivity index (χ0) is 20.8. The Morgan fingerprint density at radius 1 is 0.966 bits per heavy atom. The lowest BCUT2D eigenvalue weighted by Gasteiger charge is -2.11. The zero-order valence-corrected chi connectivity index (χ0v) is 17.7. The third kappa shape index (κ3) is 5.57. The van der Waals surface area contributed by atoms with E-state index in [0.29, 0.717) is 17.8 Å². The highest BCUT2D eigenvalue weighted by Gasteiger charge is 2.10. The Balaban J connectivity index is 1.67. The van der Waals surface area contributed by atoms with Gasteiger partial charge in [-0.25, -0.2) is 4.98 Å². The van der Waals surface area contributed by atoms with Crippen LogP contribution in [0.25, 0.3) is 10.9 Å². The summed E-state index contributed by atoms with van der Waals surface area (Å²) in [4.78, 5) is 28.8. The fourth-order valence-electron chi connectivity index (χ4n) is 2.94. The highest BCUT2D eigenvalue weighted by Crippen LogP contribution is 2.26. The Morgan fingerprint density at radius 2 is 1.69 bits per heavy atom. The van der Waals surface area contributed by atoms with E-state index in [2.05, 4.69) is 41.8 Å². The molecule has 0 bridgehead atoms. The molecule has 3 rings (SSSR count). The van der Waals surface area contributed by atoms with E-state index in [-0.39, 0.29) is 17.6 Å². The molecule has 2 N–H and O–H groups in total. The number of fused-ring (bicyclic) bond motifs is 1. The summed E-state index contributed by atoms with van der Waals surface area (Å²) in [7, 11) is 0. The number of hydrogen-bond acceptors (Lipinski definition) is 4. The van der Waals surface area contributed by atoms with Crippen molar-refractivity contribution < 1.29 is 9.59 Å². The molecule has 0 aliphatic heterocycles. The molecule has 0 atom stereocenters. The molecule has 0 radical (unpaired) electrons. The van der Waals surface area contributed by atoms with Gasteiger partial charge in [0.05, 0.1) is 11.3 Å². The highest BCUT2D eigenvalue weighted by atomic mass is 32.2. The van der Waals surface area contributed by atoms with Crippen molar-refractivity contribution in [2.75, 3.05) is 16.4 Å². The number of aromatic nitrogens is 1. The molecule has 0 fully saturated rings. The van der Waals surface area contributed by atoms with Crippen LogP contribution < -0.4 is 10.6 Å². The second-order valence-electron chi connectivity index (χ2n) is 6.82. The minimum absolute atomic E-state index is 0.0613. The first-order chi connectivity index (χ1) is 14.0. The molecule has 29 heavy (non-hydrogen) atoms. The van der Waals surface area contributed by atoms with Crippen molar-refractivity contribution in [2.45, 2.75) is 38.6 Å². The summed E-state index contributed by atoms with van der Waals surface area (Å²) in [6.45, 7) is 5.94. The van der Waals surface area contributed by atoms with E-state index >= 15 is 0 Å². The number of benzene rings is 2. The first-order valence-electron chi connectivity index (χ1n) is 9.71. The third-order valence-electron chi connectivity index (χ3n) is 4.48. The lowest BCUT2D eigenvalue weighted by Crippen LogP contribution is -2.15. The van der Waals surface area contributed by atoms with Crippen molar-refractivity contribution in [3.8, 4) is 0 Å². The summed E-state index contributed by atoms with van der Waals surface area (Å²) in [6, 6.07) is 15.5. The van der Waals surface area contributed by atoms with Gasteiger partial charge < -0.3 is 10.6 Å². The van der Waals surface area contributed by atoms with Crippen LogP contribution in [0.4, 0.5) is 11.4 Å². The van der Waals surface area contributed by atoms with Crippen LogP contribution in [-0.2, 0) is 16.0 Å². The molecule has 1 aromatic heterocycles. The molecule has 0 aliphatic carbocycles. The van der Waals surface area contributed by atoms with Crippen LogP contribution in [0.15, 0.2) is 53.6 Å². The Labute approximate surface area is 175 Å². The van der Waals surface area contributed by atoms with Crippen molar-refractivity contribution in [3.05, 3.63) is 59.7 Å². The Kier molecular flexibility index (Phi) is 6.88. The molecule has 0 spiro atoms. The molecule has 2 aromatic carbocycles. The standard InChI is InChI=1S/C23H25N3O2S/c1-4-16-12-17-10-9-15(3)11-20(17)26-23(16)29-14-22(28)25-19-8-6-7-18(13-19)24-21(27)5-2/h6-13H,4-5,14H2,1-3H3,(H,24,27)(H,25,28). The number of hydrogen-bond donors (Lipinski definition) is 2. The van der Waals surface area contributed by atoms with Crippen molar-refractivity contribution in [2.24, 2.45) is 0 Å². The molecule has 0 saturated carbocycles. The van der Waals surface area contributed by atoms with Gasteiger partial charge in [0.1, 0.15) is 5.03 Å². The molecule has 0 unspecified atom stereocenters. The topological polar surface area (TPSA) is 71.1 Å². The fraction of sp³-hybridized carbons (Fsp3) is 0.261. The highest BCUT2D eigenvalue weighted by molar-refractivity contribution is 8.00. The number of carbonyl (C=O) groups is 2. The third-order valence-corrected chi connectivity index (χ3v) is 5.52. The van der Waals surface area contributed by atoms with E-state index in [1.165, 1.54) is 11.8 Å². The summed E-state index contributed by atoms with van der Waals surface area (Å²) < 4.78 is 0. The van der Waals surface area contributed by atoms with Crippen molar-refractivity contribution in [3.63, 3.8) is 0 Å². The first kappa shape index (κ1) is 20.9. The van der Waals surface area contributed by atoms with Gasteiger partial charge in [0, 0.05) is 23.2 Å². The van der Waals surface area contributed by atoms with Gasteiger partial charge in [0.15, 0.2) is 0 Å². The van der Waals surface area contributed by atoms with Crippen LogP contribution in [-0.4, -0.2) is 22.6 Å². The molecule has 6 heteroatoms. The van der Waals surface area contributed by atoms with E-state index < -0.39 is 0 Å². The molecule has 0 aliphatic rings. The van der Waals surface area contributed by atoms with Gasteiger partial charge in [-0.05, 0) is 54.8 Å². The molecular weight excluding hydrogens is 382 g/mol. The van der Waals surface area contributed by atoms with E-state index in [1.807, 2.05) is 6.92 Å². The van der Waals surface area contributed by atoms with Crippen LogP contribution in [0.5, 0.6) is 0 Å². The van der Waals surface area contributed by atoms with E-state index in [4.69, 9.17) is 4.98 Å². The van der Waals surface area contributed by atoms with Crippen molar-refractivity contribution in [1.29, 1.82) is 0 Å². The predicted octanol–water partition coefficient (Wildman–Crippen LogP) is 5.18. The smallest absolute Gasteiger partial charge is 0.234 e. The number of anilines is 2. The first-order valence-corrected chi connectivity index (χ1v) is 10.7. The summed E-state index contributed by atoms with van der Waals surface area (Å²) in [6.07, 6.45) is 1.27. The minimum atomic E-state index is -0.109. The molecule has 2 amide bonds. The number of pyridine rings is 1. The number of amides is 2. The average Bonchev–Trinajstić information content (AvgIpc) is 2.71. The normalized spacial score (nSPS) is 10.7. The largest absolute Gasteiger partial charge is 0.326 e. The summed E-state index contributed by atoms with van der Waals surface area (Å²) >= 11 is 1.45. The second kappa shape index (κ2) is 9.56. The maximum Gasteiger partial charge on any atom is 0.234 e. The van der Waals surface area contributed by atoms with E-state index in [9.17, 15) is 9.59 Å². The van der Waals surface area contributed by atoms with Crippen molar-refractivity contribution in [1.82, 2.24) is 4.98 Å². The van der Waals surface area contributed by atoms with E-state index in [0.717, 1.165) is 33.5 Å². The number of nitrogens with one attached hydrogen (secondary N) is 2. The van der Waals surface area contributed by atoms with Gasteiger partial charge >= 0.3 is 0 Å². The molecule has 0 saturated heterocycles. The number of rotatable bonds is 7. The van der Waals surface area contributed by atoms with Gasteiger partial charge in [-0.1, -0.05) is 43.8 Å². The van der Waals surface area contributed by atoms with Crippen LogP contribution in [0.2, 0.25) is 0 Å². The van der Waals surface area contributed by atoms with Crippen LogP contribution >= 0.6 is 11.8 Å². The maximum atomic E-state index is 12.4. The summed E-state index contributed by atoms with van der Waals surface area (Å²) in [5.41, 5.74) is 4.58. The molecule has 5 nitrogen and oxygen atoms in total. The van der Waals surface area contributed by atoms with Crippen molar-refractivity contribution >= 4 is 45.9 Å². The number of nitrogens with zero attached hydrogens (tertiary/aromatic N) is 1. The number of carbonyl (C=O) groups excluding carboxylic acids is 2. The molecule has 150 valence electrons. The Hall–Kier alpha value is -2.86. The summed E-state index contributed by atoms with van der Waals surface area (Å²) in [5.74, 6) is 0.0963. The van der Waals surface area contributed by atoms with Crippen LogP contribution in [0.3, 0.4) is 0 Å². The van der Waals surface area contributed by atoms with Gasteiger partial charge in [0.25, 0.3) is 0 Å². The Bertz CT molecular complexity index is 1050. The second-order valence-corrected chi connectivity index (χ2v) is 7.79. The predicted molar refractivity (Wildman–Crippen MR) is 121 cm³/mol. The number of thioether (sulfide) groups is 1.